The summed E-state index contributed by atoms with van der Waals surface area (Å²) in [6.07, 6.45) is 0. The Morgan fingerprint density at radius 1 is 1.20 bits per heavy atom. The number of hydrogen-bond donors (Lipinski definition) is 2. The average Bonchev–Trinajstić information content (AvgIpc) is 2.45. The van der Waals surface area contributed by atoms with Crippen molar-refractivity contribution in [3.63, 3.8) is 0 Å². The molecule has 1 aromatic rings. The van der Waals surface area contributed by atoms with Crippen LogP contribution in [-0.2, 0) is 0 Å². The molecule has 1 aromatic carbocycles. The van der Waals surface area contributed by atoms with E-state index >= 15 is 0 Å². The standard InChI is InChI=1S/C16H27N3O/c1-5-17-15-9-8-14(12-13(15)4)16(20)18-10-11-19(6-2)7-3/h8-9,12,17H,5-7,10-11H2,1-4H3,(H,18,20). The van der Waals surface area contributed by atoms with E-state index in [1.807, 2.05) is 25.1 Å². The quantitative estimate of drug-likeness (QED) is 0.767. The number of nitrogens with one attached hydrogen (secondary N) is 2. The van der Waals surface area contributed by atoms with E-state index in [1.165, 1.54) is 0 Å². The number of aryl methyl sites for hydroxylation is 1. The van der Waals surface area contributed by atoms with Crippen LogP contribution in [0.15, 0.2) is 18.2 Å². The highest BCUT2D eigenvalue weighted by Crippen LogP contribution is 2.16. The van der Waals surface area contributed by atoms with E-state index in [0.29, 0.717) is 6.54 Å². The second kappa shape index (κ2) is 8.59. The van der Waals surface area contributed by atoms with Crippen LogP contribution in [0.2, 0.25) is 0 Å². The predicted molar refractivity (Wildman–Crippen MR) is 85.5 cm³/mol. The summed E-state index contributed by atoms with van der Waals surface area (Å²) in [7, 11) is 0. The van der Waals surface area contributed by atoms with Crippen LogP contribution in [0.5, 0.6) is 0 Å². The maximum atomic E-state index is 12.1. The van der Waals surface area contributed by atoms with Crippen LogP contribution >= 0.6 is 0 Å². The minimum absolute atomic E-state index is 0.00306. The maximum Gasteiger partial charge on any atom is 0.251 e. The van der Waals surface area contributed by atoms with Gasteiger partial charge in [0.2, 0.25) is 0 Å². The number of benzene rings is 1. The number of nitrogens with zero attached hydrogens (tertiary/aromatic N) is 1. The van der Waals surface area contributed by atoms with Gasteiger partial charge in [0.15, 0.2) is 0 Å². The molecule has 0 unspecified atom stereocenters. The van der Waals surface area contributed by atoms with Gasteiger partial charge in [0.25, 0.3) is 5.91 Å². The van der Waals surface area contributed by atoms with E-state index in [-0.39, 0.29) is 5.91 Å². The maximum absolute atomic E-state index is 12.1. The van der Waals surface area contributed by atoms with Crippen molar-refractivity contribution in [1.29, 1.82) is 0 Å². The van der Waals surface area contributed by atoms with E-state index in [1.54, 1.807) is 0 Å². The highest BCUT2D eigenvalue weighted by atomic mass is 16.1. The molecule has 0 aliphatic carbocycles. The SMILES string of the molecule is CCNc1ccc(C(=O)NCCN(CC)CC)cc1C. The Labute approximate surface area is 122 Å². The van der Waals surface area contributed by atoms with Gasteiger partial charge in [-0.1, -0.05) is 13.8 Å². The summed E-state index contributed by atoms with van der Waals surface area (Å²) in [5, 5.41) is 6.25. The number of likely N-dealkylation sites (N-methyl/N-ethyl adjacent to an activating group) is 1. The molecule has 1 rings (SSSR count). The zero-order chi connectivity index (χ0) is 15.0. The van der Waals surface area contributed by atoms with Crippen LogP contribution in [0.3, 0.4) is 0 Å². The third-order valence-electron chi connectivity index (χ3n) is 3.46. The molecule has 0 aliphatic rings. The van der Waals surface area contributed by atoms with E-state index < -0.39 is 0 Å². The van der Waals surface area contributed by atoms with Crippen molar-refractivity contribution in [3.8, 4) is 0 Å². The van der Waals surface area contributed by atoms with Crippen molar-refractivity contribution >= 4 is 11.6 Å². The summed E-state index contributed by atoms with van der Waals surface area (Å²) in [4.78, 5) is 14.4. The molecule has 0 saturated carbocycles. The third-order valence-corrected chi connectivity index (χ3v) is 3.46. The first kappa shape index (κ1) is 16.5. The van der Waals surface area contributed by atoms with Crippen molar-refractivity contribution in [1.82, 2.24) is 10.2 Å². The van der Waals surface area contributed by atoms with Crippen LogP contribution in [0.4, 0.5) is 5.69 Å². The number of amides is 1. The van der Waals surface area contributed by atoms with Gasteiger partial charge in [0.05, 0.1) is 0 Å². The summed E-state index contributed by atoms with van der Waals surface area (Å²) < 4.78 is 0. The van der Waals surface area contributed by atoms with Crippen LogP contribution in [0.25, 0.3) is 0 Å². The molecule has 4 nitrogen and oxygen atoms in total. The Kier molecular flexibility index (Phi) is 7.09. The molecule has 0 bridgehead atoms. The fourth-order valence-electron chi connectivity index (χ4n) is 2.16. The fraction of sp³-hybridized carbons (Fsp3) is 0.562. The molecule has 0 atom stereocenters. The molecule has 0 fully saturated rings. The summed E-state index contributed by atoms with van der Waals surface area (Å²) in [6.45, 7) is 12.9. The molecule has 0 aliphatic heterocycles. The lowest BCUT2D eigenvalue weighted by atomic mass is 10.1. The van der Waals surface area contributed by atoms with Crippen LogP contribution in [0, 0.1) is 6.92 Å². The van der Waals surface area contributed by atoms with Gasteiger partial charge in [-0.05, 0) is 50.7 Å². The van der Waals surface area contributed by atoms with Crippen molar-refractivity contribution in [2.24, 2.45) is 0 Å². The molecule has 112 valence electrons. The minimum Gasteiger partial charge on any atom is -0.385 e. The second-order valence-electron chi connectivity index (χ2n) is 4.84. The zero-order valence-electron chi connectivity index (χ0n) is 13.1. The fourth-order valence-corrected chi connectivity index (χ4v) is 2.16. The van der Waals surface area contributed by atoms with E-state index in [9.17, 15) is 4.79 Å². The Balaban J connectivity index is 2.53. The normalized spacial score (nSPS) is 10.7. The van der Waals surface area contributed by atoms with Crippen LogP contribution in [-0.4, -0.2) is 43.5 Å². The summed E-state index contributed by atoms with van der Waals surface area (Å²) in [5.41, 5.74) is 2.92. The zero-order valence-corrected chi connectivity index (χ0v) is 13.1. The lowest BCUT2D eigenvalue weighted by molar-refractivity contribution is 0.0949. The van der Waals surface area contributed by atoms with Gasteiger partial charge in [-0.25, -0.2) is 0 Å². The molecule has 0 heterocycles. The molecular weight excluding hydrogens is 250 g/mol. The first-order valence-electron chi connectivity index (χ1n) is 7.47. The first-order valence-corrected chi connectivity index (χ1v) is 7.47. The number of carbonyl (C=O) groups is 1. The number of rotatable bonds is 8. The Bertz CT molecular complexity index is 428. The lowest BCUT2D eigenvalue weighted by Crippen LogP contribution is -2.34. The van der Waals surface area contributed by atoms with Gasteiger partial charge in [0, 0.05) is 30.9 Å². The Morgan fingerprint density at radius 3 is 2.45 bits per heavy atom. The summed E-state index contributed by atoms with van der Waals surface area (Å²) in [6, 6.07) is 5.78. The van der Waals surface area contributed by atoms with Gasteiger partial charge in [0.1, 0.15) is 0 Å². The smallest absolute Gasteiger partial charge is 0.251 e. The largest absolute Gasteiger partial charge is 0.385 e. The van der Waals surface area contributed by atoms with E-state index in [4.69, 9.17) is 0 Å². The van der Waals surface area contributed by atoms with Gasteiger partial charge >= 0.3 is 0 Å². The van der Waals surface area contributed by atoms with Crippen molar-refractivity contribution in [2.45, 2.75) is 27.7 Å². The monoisotopic (exact) mass is 277 g/mol. The predicted octanol–water partition coefficient (Wildman–Crippen LogP) is 2.50. The number of anilines is 1. The van der Waals surface area contributed by atoms with Gasteiger partial charge < -0.3 is 15.5 Å². The molecule has 2 N–H and O–H groups in total. The molecule has 1 amide bonds. The number of hydrogen-bond acceptors (Lipinski definition) is 3. The van der Waals surface area contributed by atoms with Crippen molar-refractivity contribution in [3.05, 3.63) is 29.3 Å². The number of carbonyl (C=O) groups excluding carboxylic acids is 1. The van der Waals surface area contributed by atoms with Gasteiger partial charge in [-0.15, -0.1) is 0 Å². The second-order valence-corrected chi connectivity index (χ2v) is 4.84. The van der Waals surface area contributed by atoms with Gasteiger partial charge in [-0.3, -0.25) is 4.79 Å². The molecule has 0 saturated heterocycles. The van der Waals surface area contributed by atoms with E-state index in [0.717, 1.165) is 43.0 Å². The molecule has 0 spiro atoms. The Morgan fingerprint density at radius 2 is 1.90 bits per heavy atom. The van der Waals surface area contributed by atoms with Crippen LogP contribution < -0.4 is 10.6 Å². The van der Waals surface area contributed by atoms with Gasteiger partial charge in [-0.2, -0.15) is 0 Å². The average molecular weight is 277 g/mol. The highest BCUT2D eigenvalue weighted by molar-refractivity contribution is 5.94. The molecular formula is C16H27N3O. The van der Waals surface area contributed by atoms with Crippen molar-refractivity contribution in [2.75, 3.05) is 38.0 Å². The lowest BCUT2D eigenvalue weighted by Gasteiger charge is -2.18. The molecule has 0 aromatic heterocycles. The van der Waals surface area contributed by atoms with Crippen molar-refractivity contribution < 1.29 is 4.79 Å². The Hall–Kier alpha value is -1.55. The summed E-state index contributed by atoms with van der Waals surface area (Å²) in [5.74, 6) is 0.00306. The summed E-state index contributed by atoms with van der Waals surface area (Å²) >= 11 is 0. The minimum atomic E-state index is 0.00306. The van der Waals surface area contributed by atoms with Crippen LogP contribution in [0.1, 0.15) is 36.7 Å². The molecule has 0 radical (unpaired) electrons. The van der Waals surface area contributed by atoms with E-state index in [2.05, 4.69) is 36.3 Å². The topological polar surface area (TPSA) is 44.4 Å². The molecule has 20 heavy (non-hydrogen) atoms. The molecule has 4 heteroatoms. The third kappa shape index (κ3) is 4.85. The first-order chi connectivity index (χ1) is 9.62. The highest BCUT2D eigenvalue weighted by Gasteiger charge is 2.07.